The first-order valence-corrected chi connectivity index (χ1v) is 8.04. The van der Waals surface area contributed by atoms with Crippen molar-refractivity contribution in [3.63, 3.8) is 0 Å². The summed E-state index contributed by atoms with van der Waals surface area (Å²) in [5.41, 5.74) is 1.01. The van der Waals surface area contributed by atoms with Gasteiger partial charge in [0.1, 0.15) is 11.5 Å². The van der Waals surface area contributed by atoms with Gasteiger partial charge in [-0.1, -0.05) is 23.7 Å². The van der Waals surface area contributed by atoms with Crippen LogP contribution in [0, 0.1) is 0 Å². The van der Waals surface area contributed by atoms with E-state index in [-0.39, 0.29) is 0 Å². The van der Waals surface area contributed by atoms with E-state index in [4.69, 9.17) is 20.8 Å². The standard InChI is InChI=1S/C17H21ClN2O2/c18-15-3-1-2-14(12-15)17-5-4-16(22-17)13-19-6-7-20-8-10-21-11-9-20/h1-5,12,19H,6-11,13H2. The van der Waals surface area contributed by atoms with Crippen LogP contribution in [0.2, 0.25) is 5.02 Å². The third-order valence-electron chi connectivity index (χ3n) is 3.78. The predicted octanol–water partition coefficient (Wildman–Crippen LogP) is 3.02. The van der Waals surface area contributed by atoms with Crippen molar-refractivity contribution in [2.24, 2.45) is 0 Å². The van der Waals surface area contributed by atoms with Gasteiger partial charge in [-0.3, -0.25) is 4.90 Å². The number of ether oxygens (including phenoxy) is 1. The Kier molecular flexibility index (Phi) is 5.51. The molecule has 1 aromatic carbocycles. The molecule has 4 nitrogen and oxygen atoms in total. The minimum Gasteiger partial charge on any atom is -0.460 e. The van der Waals surface area contributed by atoms with Gasteiger partial charge >= 0.3 is 0 Å². The Hall–Kier alpha value is -1.33. The number of furan rings is 1. The first kappa shape index (κ1) is 15.6. The van der Waals surface area contributed by atoms with E-state index in [1.165, 1.54) is 0 Å². The number of halogens is 1. The van der Waals surface area contributed by atoms with Crippen molar-refractivity contribution < 1.29 is 9.15 Å². The average molecular weight is 321 g/mol. The first-order chi connectivity index (χ1) is 10.8. The Morgan fingerprint density at radius 2 is 2.00 bits per heavy atom. The largest absolute Gasteiger partial charge is 0.460 e. The molecule has 3 rings (SSSR count). The smallest absolute Gasteiger partial charge is 0.134 e. The van der Waals surface area contributed by atoms with Gasteiger partial charge in [-0.2, -0.15) is 0 Å². The van der Waals surface area contributed by atoms with Crippen molar-refractivity contribution >= 4 is 11.6 Å². The highest BCUT2D eigenvalue weighted by Crippen LogP contribution is 2.24. The van der Waals surface area contributed by atoms with Crippen molar-refractivity contribution in [2.75, 3.05) is 39.4 Å². The molecular weight excluding hydrogens is 300 g/mol. The van der Waals surface area contributed by atoms with Gasteiger partial charge in [-0.05, 0) is 24.3 Å². The second kappa shape index (κ2) is 7.79. The SMILES string of the molecule is Clc1cccc(-c2ccc(CNCCN3CCOCC3)o2)c1. The summed E-state index contributed by atoms with van der Waals surface area (Å²) >= 11 is 6.01. The third-order valence-corrected chi connectivity index (χ3v) is 4.01. The molecular formula is C17H21ClN2O2. The second-order valence-corrected chi connectivity index (χ2v) is 5.84. The number of hydrogen-bond acceptors (Lipinski definition) is 4. The van der Waals surface area contributed by atoms with Crippen LogP contribution < -0.4 is 5.32 Å². The van der Waals surface area contributed by atoms with Crippen molar-refractivity contribution in [1.29, 1.82) is 0 Å². The zero-order chi connectivity index (χ0) is 15.2. The van der Waals surface area contributed by atoms with Crippen molar-refractivity contribution in [3.05, 3.63) is 47.2 Å². The quantitative estimate of drug-likeness (QED) is 0.830. The molecule has 118 valence electrons. The summed E-state index contributed by atoms with van der Waals surface area (Å²) in [6.07, 6.45) is 0. The highest BCUT2D eigenvalue weighted by molar-refractivity contribution is 6.30. The van der Waals surface area contributed by atoms with Crippen molar-refractivity contribution in [2.45, 2.75) is 6.54 Å². The Balaban J connectivity index is 1.45. The van der Waals surface area contributed by atoms with E-state index >= 15 is 0 Å². The van der Waals surface area contributed by atoms with E-state index in [1.807, 2.05) is 36.4 Å². The molecule has 0 bridgehead atoms. The van der Waals surface area contributed by atoms with E-state index in [2.05, 4.69) is 10.2 Å². The molecule has 22 heavy (non-hydrogen) atoms. The summed E-state index contributed by atoms with van der Waals surface area (Å²) in [5, 5.41) is 4.14. The van der Waals surface area contributed by atoms with E-state index in [9.17, 15) is 0 Å². The van der Waals surface area contributed by atoms with Crippen LogP contribution in [0.4, 0.5) is 0 Å². The van der Waals surface area contributed by atoms with Gasteiger partial charge in [0.05, 0.1) is 19.8 Å². The predicted molar refractivity (Wildman–Crippen MR) is 88.1 cm³/mol. The number of hydrogen-bond donors (Lipinski definition) is 1. The monoisotopic (exact) mass is 320 g/mol. The molecule has 0 radical (unpaired) electrons. The van der Waals surface area contributed by atoms with Gasteiger partial charge in [-0.25, -0.2) is 0 Å². The fourth-order valence-corrected chi connectivity index (χ4v) is 2.73. The molecule has 0 unspecified atom stereocenters. The topological polar surface area (TPSA) is 37.6 Å². The zero-order valence-electron chi connectivity index (χ0n) is 12.6. The summed E-state index contributed by atoms with van der Waals surface area (Å²) in [5.74, 6) is 1.80. The first-order valence-electron chi connectivity index (χ1n) is 7.67. The minimum atomic E-state index is 0.721. The molecule has 5 heteroatoms. The summed E-state index contributed by atoms with van der Waals surface area (Å²) in [6.45, 7) is 6.49. The third kappa shape index (κ3) is 4.34. The Morgan fingerprint density at radius 3 is 2.82 bits per heavy atom. The van der Waals surface area contributed by atoms with Crippen LogP contribution in [0.3, 0.4) is 0 Å². The van der Waals surface area contributed by atoms with Crippen molar-refractivity contribution in [1.82, 2.24) is 10.2 Å². The summed E-state index contributed by atoms with van der Waals surface area (Å²) in [6, 6.07) is 11.7. The Bertz CT molecular complexity index is 594. The van der Waals surface area contributed by atoms with Crippen LogP contribution in [0.1, 0.15) is 5.76 Å². The molecule has 2 aromatic rings. The van der Waals surface area contributed by atoms with Crippen LogP contribution in [-0.2, 0) is 11.3 Å². The lowest BCUT2D eigenvalue weighted by atomic mass is 10.2. The maximum Gasteiger partial charge on any atom is 0.134 e. The maximum atomic E-state index is 6.01. The Labute approximate surface area is 136 Å². The maximum absolute atomic E-state index is 6.01. The highest BCUT2D eigenvalue weighted by atomic mass is 35.5. The van der Waals surface area contributed by atoms with Gasteiger partial charge in [0.15, 0.2) is 0 Å². The van der Waals surface area contributed by atoms with Crippen LogP contribution in [-0.4, -0.2) is 44.3 Å². The zero-order valence-corrected chi connectivity index (χ0v) is 13.3. The molecule has 1 aliphatic heterocycles. The number of nitrogens with one attached hydrogen (secondary N) is 1. The number of nitrogens with zero attached hydrogens (tertiary/aromatic N) is 1. The van der Waals surface area contributed by atoms with Gasteiger partial charge < -0.3 is 14.5 Å². The normalized spacial score (nSPS) is 16.0. The summed E-state index contributed by atoms with van der Waals surface area (Å²) in [7, 11) is 0. The van der Waals surface area contributed by atoms with E-state index in [1.54, 1.807) is 0 Å². The molecule has 0 saturated carbocycles. The van der Waals surface area contributed by atoms with E-state index < -0.39 is 0 Å². The second-order valence-electron chi connectivity index (χ2n) is 5.41. The molecule has 0 spiro atoms. The molecule has 1 aliphatic rings. The molecule has 1 saturated heterocycles. The van der Waals surface area contributed by atoms with Crippen LogP contribution in [0.15, 0.2) is 40.8 Å². The molecule has 0 amide bonds. The van der Waals surface area contributed by atoms with Crippen LogP contribution >= 0.6 is 11.6 Å². The van der Waals surface area contributed by atoms with E-state index in [0.29, 0.717) is 0 Å². The fraction of sp³-hybridized carbons (Fsp3) is 0.412. The molecule has 0 atom stereocenters. The van der Waals surface area contributed by atoms with Gasteiger partial charge in [0.2, 0.25) is 0 Å². The van der Waals surface area contributed by atoms with E-state index in [0.717, 1.165) is 68.0 Å². The number of benzene rings is 1. The van der Waals surface area contributed by atoms with Gasteiger partial charge in [0, 0.05) is 36.8 Å². The molecule has 0 aliphatic carbocycles. The lowest BCUT2D eigenvalue weighted by Crippen LogP contribution is -2.40. The molecule has 2 heterocycles. The number of rotatable bonds is 6. The summed E-state index contributed by atoms with van der Waals surface area (Å²) < 4.78 is 11.2. The van der Waals surface area contributed by atoms with Gasteiger partial charge in [-0.15, -0.1) is 0 Å². The minimum absolute atomic E-state index is 0.721. The number of morpholine rings is 1. The molecule has 1 N–H and O–H groups in total. The Morgan fingerprint density at radius 1 is 1.14 bits per heavy atom. The average Bonchev–Trinajstić information content (AvgIpc) is 3.02. The highest BCUT2D eigenvalue weighted by Gasteiger charge is 2.09. The van der Waals surface area contributed by atoms with Crippen LogP contribution in [0.25, 0.3) is 11.3 Å². The fourth-order valence-electron chi connectivity index (χ4n) is 2.54. The summed E-state index contributed by atoms with van der Waals surface area (Å²) in [4.78, 5) is 2.41. The lowest BCUT2D eigenvalue weighted by Gasteiger charge is -2.26. The van der Waals surface area contributed by atoms with Gasteiger partial charge in [0.25, 0.3) is 0 Å². The lowest BCUT2D eigenvalue weighted by molar-refractivity contribution is 0.0383. The van der Waals surface area contributed by atoms with Crippen LogP contribution in [0.5, 0.6) is 0 Å². The molecule has 1 fully saturated rings. The molecule has 1 aromatic heterocycles. The van der Waals surface area contributed by atoms with Crippen molar-refractivity contribution in [3.8, 4) is 11.3 Å².